The predicted molar refractivity (Wildman–Crippen MR) is 86.4 cm³/mol. The van der Waals surface area contributed by atoms with E-state index < -0.39 is 0 Å². The highest BCUT2D eigenvalue weighted by atomic mass is 16.5. The van der Waals surface area contributed by atoms with Crippen molar-refractivity contribution in [3.8, 4) is 16.9 Å². The highest BCUT2D eigenvalue weighted by molar-refractivity contribution is 5.75. The number of pyridine rings is 2. The first-order valence-corrected chi connectivity index (χ1v) is 7.29. The van der Waals surface area contributed by atoms with Crippen molar-refractivity contribution in [3.05, 3.63) is 66.6 Å². The molecule has 0 saturated heterocycles. The summed E-state index contributed by atoms with van der Waals surface area (Å²) in [4.78, 5) is 8.75. The average molecular weight is 289 g/mol. The van der Waals surface area contributed by atoms with E-state index in [4.69, 9.17) is 4.74 Å². The largest absolute Gasteiger partial charge is 0.489 e. The second-order valence-corrected chi connectivity index (χ2v) is 5.16. The fourth-order valence-corrected chi connectivity index (χ4v) is 2.71. The second-order valence-electron chi connectivity index (χ2n) is 5.16. The van der Waals surface area contributed by atoms with Crippen LogP contribution in [0.25, 0.3) is 11.1 Å². The van der Waals surface area contributed by atoms with Crippen LogP contribution in [-0.2, 0) is 6.42 Å². The molecule has 108 valence electrons. The van der Waals surface area contributed by atoms with E-state index in [2.05, 4.69) is 15.3 Å². The van der Waals surface area contributed by atoms with E-state index in [1.807, 2.05) is 54.9 Å². The summed E-state index contributed by atoms with van der Waals surface area (Å²) in [5.41, 5.74) is 4.37. The van der Waals surface area contributed by atoms with Gasteiger partial charge in [-0.25, -0.2) is 4.98 Å². The summed E-state index contributed by atoms with van der Waals surface area (Å²) in [5, 5.41) is 3.33. The van der Waals surface area contributed by atoms with Crippen molar-refractivity contribution in [3.63, 3.8) is 0 Å². The van der Waals surface area contributed by atoms with Crippen LogP contribution in [0, 0.1) is 0 Å². The molecule has 0 amide bonds. The number of benzene rings is 1. The van der Waals surface area contributed by atoms with Crippen LogP contribution < -0.4 is 10.1 Å². The van der Waals surface area contributed by atoms with Crippen LogP contribution in [0.15, 0.2) is 61.1 Å². The summed E-state index contributed by atoms with van der Waals surface area (Å²) in [6, 6.07) is 14.0. The van der Waals surface area contributed by atoms with E-state index in [1.54, 1.807) is 6.20 Å². The Balaban J connectivity index is 1.76. The summed E-state index contributed by atoms with van der Waals surface area (Å²) in [6.07, 6.45) is 6.43. The number of anilines is 2. The van der Waals surface area contributed by atoms with Crippen molar-refractivity contribution in [1.29, 1.82) is 0 Å². The van der Waals surface area contributed by atoms with Gasteiger partial charge in [0, 0.05) is 47.4 Å². The number of nitrogens with zero attached hydrogens (tertiary/aromatic N) is 2. The fraction of sp³-hybridized carbons (Fsp3) is 0.111. The van der Waals surface area contributed by atoms with Gasteiger partial charge in [0.05, 0.1) is 6.61 Å². The lowest BCUT2D eigenvalue weighted by Gasteiger charge is -2.12. The lowest BCUT2D eigenvalue weighted by Crippen LogP contribution is -1.98. The number of fused-ring (bicyclic) bond motifs is 1. The maximum atomic E-state index is 5.82. The normalized spacial score (nSPS) is 12.5. The SMILES string of the molecule is c1ccc(Nc2ncc(-c3cccnc3)c3c2OCC3)cc1. The van der Waals surface area contributed by atoms with Crippen LogP contribution in [0.1, 0.15) is 5.56 Å². The molecule has 3 heterocycles. The molecule has 22 heavy (non-hydrogen) atoms. The quantitative estimate of drug-likeness (QED) is 0.796. The Morgan fingerprint density at radius 3 is 2.73 bits per heavy atom. The van der Waals surface area contributed by atoms with Gasteiger partial charge in [0.25, 0.3) is 0 Å². The minimum atomic E-state index is 0.692. The molecule has 0 saturated carbocycles. The zero-order valence-corrected chi connectivity index (χ0v) is 12.0. The number of aromatic nitrogens is 2. The number of ether oxygens (including phenoxy) is 1. The van der Waals surface area contributed by atoms with Crippen LogP contribution in [-0.4, -0.2) is 16.6 Å². The van der Waals surface area contributed by atoms with Gasteiger partial charge in [-0.05, 0) is 18.2 Å². The Labute approximate surface area is 128 Å². The standard InChI is InChI=1S/C18H15N3O/c1-2-6-14(7-3-1)21-18-17-15(8-10-22-17)16(12-20-18)13-5-4-9-19-11-13/h1-7,9,11-12H,8,10H2,(H,20,21). The molecule has 1 aliphatic heterocycles. The van der Waals surface area contributed by atoms with Crippen molar-refractivity contribution < 1.29 is 4.74 Å². The molecule has 1 aliphatic rings. The monoisotopic (exact) mass is 289 g/mol. The van der Waals surface area contributed by atoms with Crippen molar-refractivity contribution in [2.24, 2.45) is 0 Å². The van der Waals surface area contributed by atoms with Crippen molar-refractivity contribution in [1.82, 2.24) is 9.97 Å². The molecule has 4 heteroatoms. The third-order valence-electron chi connectivity index (χ3n) is 3.74. The van der Waals surface area contributed by atoms with Gasteiger partial charge in [0.15, 0.2) is 11.6 Å². The molecule has 1 N–H and O–H groups in total. The molecule has 0 spiro atoms. The van der Waals surface area contributed by atoms with Gasteiger partial charge in [-0.2, -0.15) is 0 Å². The number of para-hydroxylation sites is 1. The van der Waals surface area contributed by atoms with E-state index in [9.17, 15) is 0 Å². The Morgan fingerprint density at radius 2 is 1.91 bits per heavy atom. The number of hydrogen-bond acceptors (Lipinski definition) is 4. The molecule has 0 atom stereocenters. The van der Waals surface area contributed by atoms with E-state index in [-0.39, 0.29) is 0 Å². The van der Waals surface area contributed by atoms with E-state index in [1.165, 1.54) is 5.56 Å². The van der Waals surface area contributed by atoms with Crippen LogP contribution in [0.2, 0.25) is 0 Å². The minimum absolute atomic E-state index is 0.692. The molecule has 4 rings (SSSR count). The first kappa shape index (κ1) is 12.8. The van der Waals surface area contributed by atoms with Crippen LogP contribution in [0.3, 0.4) is 0 Å². The zero-order valence-electron chi connectivity index (χ0n) is 12.0. The molecule has 0 bridgehead atoms. The van der Waals surface area contributed by atoms with Gasteiger partial charge in [-0.1, -0.05) is 24.3 Å². The fourth-order valence-electron chi connectivity index (χ4n) is 2.71. The van der Waals surface area contributed by atoms with Gasteiger partial charge in [-0.15, -0.1) is 0 Å². The van der Waals surface area contributed by atoms with E-state index >= 15 is 0 Å². The molecule has 0 fully saturated rings. The Morgan fingerprint density at radius 1 is 1.00 bits per heavy atom. The van der Waals surface area contributed by atoms with Crippen LogP contribution in [0.4, 0.5) is 11.5 Å². The minimum Gasteiger partial charge on any atom is -0.489 e. The summed E-state index contributed by atoms with van der Waals surface area (Å²) in [5.74, 6) is 1.62. The first-order chi connectivity index (χ1) is 10.9. The molecule has 2 aromatic heterocycles. The summed E-state index contributed by atoms with van der Waals surface area (Å²) in [7, 11) is 0. The average Bonchev–Trinajstić information content (AvgIpc) is 3.07. The highest BCUT2D eigenvalue weighted by Crippen LogP contribution is 2.39. The van der Waals surface area contributed by atoms with E-state index in [0.717, 1.165) is 34.8 Å². The van der Waals surface area contributed by atoms with Crippen molar-refractivity contribution in [2.45, 2.75) is 6.42 Å². The molecule has 4 nitrogen and oxygen atoms in total. The molecule has 0 aliphatic carbocycles. The maximum absolute atomic E-state index is 5.82. The summed E-state index contributed by atoms with van der Waals surface area (Å²) in [6.45, 7) is 0.692. The van der Waals surface area contributed by atoms with E-state index in [0.29, 0.717) is 6.61 Å². The van der Waals surface area contributed by atoms with Crippen molar-refractivity contribution in [2.75, 3.05) is 11.9 Å². The summed E-state index contributed by atoms with van der Waals surface area (Å²) >= 11 is 0. The van der Waals surface area contributed by atoms with Gasteiger partial charge in [0.2, 0.25) is 0 Å². The molecule has 0 radical (unpaired) electrons. The number of hydrogen-bond donors (Lipinski definition) is 1. The highest BCUT2D eigenvalue weighted by Gasteiger charge is 2.22. The third-order valence-corrected chi connectivity index (χ3v) is 3.74. The molecular formula is C18H15N3O. The lowest BCUT2D eigenvalue weighted by atomic mass is 10.0. The predicted octanol–water partition coefficient (Wildman–Crippen LogP) is 3.82. The molecule has 0 unspecified atom stereocenters. The Bertz CT molecular complexity index is 788. The molecular weight excluding hydrogens is 274 g/mol. The van der Waals surface area contributed by atoms with Crippen LogP contribution >= 0.6 is 0 Å². The second kappa shape index (κ2) is 5.48. The van der Waals surface area contributed by atoms with Crippen molar-refractivity contribution >= 4 is 11.5 Å². The molecule has 1 aromatic carbocycles. The van der Waals surface area contributed by atoms with Crippen LogP contribution in [0.5, 0.6) is 5.75 Å². The topological polar surface area (TPSA) is 47.0 Å². The van der Waals surface area contributed by atoms with Gasteiger partial charge in [0.1, 0.15) is 0 Å². The smallest absolute Gasteiger partial charge is 0.173 e. The first-order valence-electron chi connectivity index (χ1n) is 7.29. The lowest BCUT2D eigenvalue weighted by molar-refractivity contribution is 0.357. The third kappa shape index (κ3) is 2.29. The number of rotatable bonds is 3. The van der Waals surface area contributed by atoms with Gasteiger partial charge >= 0.3 is 0 Å². The van der Waals surface area contributed by atoms with Gasteiger partial charge in [-0.3, -0.25) is 4.98 Å². The summed E-state index contributed by atoms with van der Waals surface area (Å²) < 4.78 is 5.82. The zero-order chi connectivity index (χ0) is 14.8. The number of nitrogens with one attached hydrogen (secondary N) is 1. The Kier molecular flexibility index (Phi) is 3.20. The Hall–Kier alpha value is -2.88. The maximum Gasteiger partial charge on any atom is 0.173 e. The van der Waals surface area contributed by atoms with Gasteiger partial charge < -0.3 is 10.1 Å². The molecule has 3 aromatic rings.